The minimum Gasteiger partial charge on any atom is -0.335 e. The topological polar surface area (TPSA) is 36.4 Å². The van der Waals surface area contributed by atoms with E-state index >= 15 is 0 Å². The summed E-state index contributed by atoms with van der Waals surface area (Å²) in [5.41, 5.74) is 1.31. The van der Waals surface area contributed by atoms with Crippen LogP contribution in [0, 0.1) is 5.82 Å². The monoisotopic (exact) mass is 305 g/mol. The first-order valence-corrected chi connectivity index (χ1v) is 7.71. The minimum atomic E-state index is -0.274. The van der Waals surface area contributed by atoms with E-state index in [9.17, 15) is 9.18 Å². The van der Waals surface area contributed by atoms with Crippen molar-refractivity contribution in [2.45, 2.75) is 0 Å². The molecule has 4 nitrogen and oxygen atoms in total. The normalized spacial score (nSPS) is 16.2. The summed E-state index contributed by atoms with van der Waals surface area (Å²) in [7, 11) is 2.05. The molecule has 0 radical (unpaired) electrons. The molecule has 2 heterocycles. The predicted octanol–water partition coefficient (Wildman–Crippen LogP) is 2.34. The molecule has 0 N–H and O–H groups in total. The molecule has 3 rings (SSSR count). The van der Waals surface area contributed by atoms with Crippen molar-refractivity contribution in [1.82, 2.24) is 14.8 Å². The summed E-state index contributed by atoms with van der Waals surface area (Å²) in [5, 5.41) is 2.52. The van der Waals surface area contributed by atoms with Gasteiger partial charge in [-0.2, -0.15) is 0 Å². The molecule has 0 spiro atoms. The van der Waals surface area contributed by atoms with Gasteiger partial charge in [-0.25, -0.2) is 9.37 Å². The molecule has 2 aromatic rings. The molecule has 21 heavy (non-hydrogen) atoms. The lowest BCUT2D eigenvalue weighted by molar-refractivity contribution is 0.0659. The molecule has 0 unspecified atom stereocenters. The molecule has 1 aromatic heterocycles. The number of nitrogens with zero attached hydrogens (tertiary/aromatic N) is 3. The van der Waals surface area contributed by atoms with E-state index in [-0.39, 0.29) is 11.7 Å². The Balaban J connectivity index is 1.75. The van der Waals surface area contributed by atoms with Crippen molar-refractivity contribution in [3.8, 4) is 10.6 Å². The van der Waals surface area contributed by atoms with Gasteiger partial charge in [0, 0.05) is 37.1 Å². The van der Waals surface area contributed by atoms with Gasteiger partial charge in [-0.15, -0.1) is 11.3 Å². The second-order valence-electron chi connectivity index (χ2n) is 5.14. The Bertz CT molecular complexity index is 633. The molecular weight excluding hydrogens is 289 g/mol. The third kappa shape index (κ3) is 3.11. The molecule has 0 aliphatic carbocycles. The van der Waals surface area contributed by atoms with Gasteiger partial charge >= 0.3 is 0 Å². The van der Waals surface area contributed by atoms with Crippen molar-refractivity contribution in [2.75, 3.05) is 33.2 Å². The first-order valence-electron chi connectivity index (χ1n) is 6.83. The lowest BCUT2D eigenvalue weighted by atomic mass is 10.2. The molecule has 1 aliphatic heterocycles. The zero-order valence-electron chi connectivity index (χ0n) is 11.8. The summed E-state index contributed by atoms with van der Waals surface area (Å²) < 4.78 is 12.9. The molecule has 1 fully saturated rings. The Kier molecular flexibility index (Phi) is 3.98. The molecule has 110 valence electrons. The predicted molar refractivity (Wildman–Crippen MR) is 80.9 cm³/mol. The molecule has 1 amide bonds. The van der Waals surface area contributed by atoms with Crippen LogP contribution in [0.5, 0.6) is 0 Å². The van der Waals surface area contributed by atoms with E-state index < -0.39 is 0 Å². The van der Waals surface area contributed by atoms with Gasteiger partial charge in [-0.1, -0.05) is 0 Å². The van der Waals surface area contributed by atoms with Crippen LogP contribution in [0.4, 0.5) is 4.39 Å². The number of carbonyl (C=O) groups excluding carboxylic acids is 1. The molecule has 0 bridgehead atoms. The maximum Gasteiger partial charge on any atom is 0.273 e. The zero-order chi connectivity index (χ0) is 14.8. The Labute approximate surface area is 126 Å². The van der Waals surface area contributed by atoms with Gasteiger partial charge in [0.1, 0.15) is 16.5 Å². The lowest BCUT2D eigenvalue weighted by Crippen LogP contribution is -2.47. The van der Waals surface area contributed by atoms with Gasteiger partial charge in [-0.05, 0) is 31.3 Å². The highest BCUT2D eigenvalue weighted by Gasteiger charge is 2.22. The van der Waals surface area contributed by atoms with Crippen LogP contribution in [0.2, 0.25) is 0 Å². The van der Waals surface area contributed by atoms with E-state index in [1.54, 1.807) is 17.5 Å². The molecule has 0 atom stereocenters. The summed E-state index contributed by atoms with van der Waals surface area (Å²) in [6.45, 7) is 3.25. The van der Waals surface area contributed by atoms with Crippen molar-refractivity contribution in [3.63, 3.8) is 0 Å². The number of rotatable bonds is 2. The smallest absolute Gasteiger partial charge is 0.273 e. The van der Waals surface area contributed by atoms with Crippen LogP contribution >= 0.6 is 11.3 Å². The first kappa shape index (κ1) is 14.2. The lowest BCUT2D eigenvalue weighted by Gasteiger charge is -2.31. The number of hydrogen-bond acceptors (Lipinski definition) is 4. The highest BCUT2D eigenvalue weighted by Crippen LogP contribution is 2.24. The summed E-state index contributed by atoms with van der Waals surface area (Å²) in [4.78, 5) is 20.8. The van der Waals surface area contributed by atoms with Crippen LogP contribution in [0.25, 0.3) is 10.6 Å². The maximum atomic E-state index is 12.9. The van der Waals surface area contributed by atoms with E-state index in [1.165, 1.54) is 23.5 Å². The van der Waals surface area contributed by atoms with Crippen molar-refractivity contribution >= 4 is 17.2 Å². The van der Waals surface area contributed by atoms with Crippen LogP contribution < -0.4 is 0 Å². The van der Waals surface area contributed by atoms with Gasteiger partial charge in [0.25, 0.3) is 5.91 Å². The largest absolute Gasteiger partial charge is 0.335 e. The fourth-order valence-electron chi connectivity index (χ4n) is 2.27. The van der Waals surface area contributed by atoms with Crippen molar-refractivity contribution in [2.24, 2.45) is 0 Å². The summed E-state index contributed by atoms with van der Waals surface area (Å²) in [6.07, 6.45) is 0. The van der Waals surface area contributed by atoms with E-state index in [2.05, 4.69) is 16.9 Å². The fourth-order valence-corrected chi connectivity index (χ4v) is 3.07. The second-order valence-corrected chi connectivity index (χ2v) is 6.00. The number of halogens is 1. The Morgan fingerprint density at radius 3 is 2.52 bits per heavy atom. The minimum absolute atomic E-state index is 0.0206. The highest BCUT2D eigenvalue weighted by atomic mass is 32.1. The maximum absolute atomic E-state index is 12.9. The van der Waals surface area contributed by atoms with Gasteiger partial charge < -0.3 is 9.80 Å². The highest BCUT2D eigenvalue weighted by molar-refractivity contribution is 7.13. The Morgan fingerprint density at radius 1 is 1.19 bits per heavy atom. The molecule has 6 heteroatoms. The van der Waals surface area contributed by atoms with Gasteiger partial charge in [0.15, 0.2) is 0 Å². The van der Waals surface area contributed by atoms with Crippen LogP contribution in [0.15, 0.2) is 29.6 Å². The van der Waals surface area contributed by atoms with Crippen molar-refractivity contribution in [3.05, 3.63) is 41.2 Å². The average Bonchev–Trinajstić information content (AvgIpc) is 2.98. The molecular formula is C15H16FN3OS. The van der Waals surface area contributed by atoms with Crippen LogP contribution in [0.1, 0.15) is 10.5 Å². The second kappa shape index (κ2) is 5.91. The first-order chi connectivity index (χ1) is 10.1. The third-order valence-corrected chi connectivity index (χ3v) is 4.50. The van der Waals surface area contributed by atoms with Gasteiger partial charge in [-0.3, -0.25) is 4.79 Å². The molecule has 1 aliphatic rings. The van der Waals surface area contributed by atoms with Crippen LogP contribution in [-0.2, 0) is 0 Å². The zero-order valence-corrected chi connectivity index (χ0v) is 12.6. The van der Waals surface area contributed by atoms with E-state index in [0.717, 1.165) is 36.8 Å². The van der Waals surface area contributed by atoms with Gasteiger partial charge in [0.05, 0.1) is 0 Å². The molecule has 1 saturated heterocycles. The summed E-state index contributed by atoms with van der Waals surface area (Å²) >= 11 is 1.41. The number of thiazole rings is 1. The number of likely N-dealkylation sites (N-methyl/N-ethyl adjacent to an activating group) is 1. The average molecular weight is 305 g/mol. The van der Waals surface area contributed by atoms with Crippen LogP contribution in [0.3, 0.4) is 0 Å². The van der Waals surface area contributed by atoms with E-state index in [1.807, 2.05) is 4.90 Å². The number of piperazine rings is 1. The fraction of sp³-hybridized carbons (Fsp3) is 0.333. The SMILES string of the molecule is CN1CCN(C(=O)c2csc(-c3ccc(F)cc3)n2)CC1. The van der Waals surface area contributed by atoms with E-state index in [4.69, 9.17) is 0 Å². The van der Waals surface area contributed by atoms with Crippen molar-refractivity contribution in [1.29, 1.82) is 0 Å². The number of amides is 1. The van der Waals surface area contributed by atoms with Gasteiger partial charge in [0.2, 0.25) is 0 Å². The number of aromatic nitrogens is 1. The van der Waals surface area contributed by atoms with Crippen molar-refractivity contribution < 1.29 is 9.18 Å². The van der Waals surface area contributed by atoms with Crippen LogP contribution in [-0.4, -0.2) is 53.9 Å². The standard InChI is InChI=1S/C15H16FN3OS/c1-18-6-8-19(9-7-18)15(20)13-10-21-14(17-13)11-2-4-12(16)5-3-11/h2-5,10H,6-9H2,1H3. The number of benzene rings is 1. The Hall–Kier alpha value is -1.79. The quantitative estimate of drug-likeness (QED) is 0.854. The molecule has 0 saturated carbocycles. The number of carbonyl (C=O) groups is 1. The summed E-state index contributed by atoms with van der Waals surface area (Å²) in [5.74, 6) is -0.295. The summed E-state index contributed by atoms with van der Waals surface area (Å²) in [6, 6.07) is 6.16. The Morgan fingerprint density at radius 2 is 1.86 bits per heavy atom. The third-order valence-electron chi connectivity index (χ3n) is 3.60. The number of hydrogen-bond donors (Lipinski definition) is 0. The van der Waals surface area contributed by atoms with E-state index in [0.29, 0.717) is 5.69 Å². The molecule has 1 aromatic carbocycles.